The third-order valence-electron chi connectivity index (χ3n) is 0.617. The zero-order chi connectivity index (χ0) is 8.36. The summed E-state index contributed by atoms with van der Waals surface area (Å²) in [5.41, 5.74) is -0.991. The maximum Gasteiger partial charge on any atom is 0.224 e. The van der Waals surface area contributed by atoms with Crippen LogP contribution in [-0.2, 0) is 4.79 Å². The maximum absolute atomic E-state index is 10.3. The zero-order valence-electron chi connectivity index (χ0n) is 5.00. The molecule has 1 atom stereocenters. The minimum absolute atomic E-state index is 0.341. The van der Waals surface area contributed by atoms with Crippen LogP contribution in [0.15, 0.2) is 0 Å². The van der Waals surface area contributed by atoms with Crippen LogP contribution in [0.5, 0.6) is 0 Å². The molecule has 0 aromatic rings. The average molecular weight is 225 g/mol. The fourth-order valence-corrected chi connectivity index (χ4v) is 0.578. The van der Waals surface area contributed by atoms with Gasteiger partial charge in [-0.25, -0.2) is 0 Å². The number of rotatable bonds is 1. The van der Waals surface area contributed by atoms with Crippen LogP contribution in [0, 0.1) is 0 Å². The summed E-state index contributed by atoms with van der Waals surface area (Å²) in [5.74, 6) is -0.341. The van der Waals surface area contributed by atoms with Gasteiger partial charge in [-0.1, -0.05) is 46.4 Å². The highest BCUT2D eigenvalue weighted by molar-refractivity contribution is 6.70. The molecule has 0 aliphatic heterocycles. The van der Waals surface area contributed by atoms with Crippen LogP contribution in [-0.4, -0.2) is 15.2 Å². The highest BCUT2D eigenvalue weighted by Gasteiger charge is 2.31. The molecule has 0 saturated heterocycles. The summed E-state index contributed by atoms with van der Waals surface area (Å²) in [6.45, 7) is 1.28. The molecule has 0 aromatic heterocycles. The average Bonchev–Trinajstić information content (AvgIpc) is 1.60. The van der Waals surface area contributed by atoms with E-state index < -0.39 is 9.29 Å². The van der Waals surface area contributed by atoms with Gasteiger partial charge in [0.15, 0.2) is 5.50 Å². The van der Waals surface area contributed by atoms with Crippen molar-refractivity contribution >= 4 is 52.3 Å². The summed E-state index contributed by atoms with van der Waals surface area (Å²) in [6, 6.07) is 0. The van der Waals surface area contributed by atoms with Gasteiger partial charge in [0.1, 0.15) is 0 Å². The Kier molecular flexibility index (Phi) is 4.10. The second kappa shape index (κ2) is 3.86. The Morgan fingerprint density at radius 3 is 2.00 bits per heavy atom. The number of carbonyl (C=O) groups is 1. The fourth-order valence-electron chi connectivity index (χ4n) is 0.260. The molecule has 0 bridgehead atoms. The highest BCUT2D eigenvalue weighted by Crippen LogP contribution is 2.32. The molecule has 0 aliphatic rings. The first-order chi connectivity index (χ1) is 4.34. The van der Waals surface area contributed by atoms with Crippen LogP contribution in [0.2, 0.25) is 0 Å². The molecule has 0 spiro atoms. The van der Waals surface area contributed by atoms with E-state index >= 15 is 0 Å². The molecule has 1 N–H and O–H groups in total. The summed E-state index contributed by atoms with van der Waals surface area (Å²) >= 11 is 21.4. The van der Waals surface area contributed by atoms with Crippen molar-refractivity contribution in [2.45, 2.75) is 16.2 Å². The summed E-state index contributed by atoms with van der Waals surface area (Å²) in [5, 5.41) is 2.21. The van der Waals surface area contributed by atoms with Crippen molar-refractivity contribution in [1.29, 1.82) is 0 Å². The summed E-state index contributed by atoms with van der Waals surface area (Å²) in [6.07, 6.45) is 0. The van der Waals surface area contributed by atoms with Gasteiger partial charge in [0.05, 0.1) is 0 Å². The van der Waals surface area contributed by atoms with Gasteiger partial charge in [-0.15, -0.1) is 0 Å². The van der Waals surface area contributed by atoms with E-state index in [4.69, 9.17) is 46.4 Å². The van der Waals surface area contributed by atoms with Crippen molar-refractivity contribution in [3.05, 3.63) is 0 Å². The third kappa shape index (κ3) is 4.45. The van der Waals surface area contributed by atoms with Gasteiger partial charge in [-0.2, -0.15) is 0 Å². The Bertz CT molecular complexity index is 132. The molecule has 0 unspecified atom stereocenters. The summed E-state index contributed by atoms with van der Waals surface area (Å²) in [7, 11) is 0. The monoisotopic (exact) mass is 223 g/mol. The van der Waals surface area contributed by atoms with Gasteiger partial charge < -0.3 is 5.32 Å². The van der Waals surface area contributed by atoms with Gasteiger partial charge in [0, 0.05) is 6.92 Å². The molecular formula is C4H5Cl4NO. The molecule has 1 amide bonds. The Morgan fingerprint density at radius 1 is 1.50 bits per heavy atom. The second-order valence-corrected chi connectivity index (χ2v) is 4.41. The van der Waals surface area contributed by atoms with Crippen LogP contribution < -0.4 is 5.32 Å². The Balaban J connectivity index is 3.85. The molecule has 0 fully saturated rings. The molecule has 0 radical (unpaired) electrons. The van der Waals surface area contributed by atoms with Crippen molar-refractivity contribution in [2.24, 2.45) is 0 Å². The lowest BCUT2D eigenvalue weighted by Crippen LogP contribution is -2.38. The first kappa shape index (κ1) is 10.6. The topological polar surface area (TPSA) is 29.1 Å². The number of nitrogens with one attached hydrogen (secondary N) is 1. The summed E-state index contributed by atoms with van der Waals surface area (Å²) in [4.78, 5) is 10.3. The van der Waals surface area contributed by atoms with E-state index in [1.807, 2.05) is 0 Å². The van der Waals surface area contributed by atoms with E-state index in [0.29, 0.717) is 0 Å². The Hall–Kier alpha value is 0.630. The lowest BCUT2D eigenvalue weighted by molar-refractivity contribution is -0.119. The molecule has 0 saturated carbocycles. The molecule has 0 heterocycles. The maximum atomic E-state index is 10.3. The number of halogens is 4. The lowest BCUT2D eigenvalue weighted by Gasteiger charge is -2.17. The predicted octanol–water partition coefficient (Wildman–Crippen LogP) is 2.06. The number of hydrogen-bond donors (Lipinski definition) is 1. The predicted molar refractivity (Wildman–Crippen MR) is 43.7 cm³/mol. The van der Waals surface area contributed by atoms with Crippen molar-refractivity contribution < 1.29 is 4.79 Å². The van der Waals surface area contributed by atoms with Crippen LogP contribution in [0.4, 0.5) is 0 Å². The normalized spacial score (nSPS) is 14.5. The van der Waals surface area contributed by atoms with Crippen molar-refractivity contribution in [1.82, 2.24) is 5.32 Å². The van der Waals surface area contributed by atoms with E-state index in [-0.39, 0.29) is 5.91 Å². The van der Waals surface area contributed by atoms with Crippen molar-refractivity contribution in [3.63, 3.8) is 0 Å². The summed E-state index contributed by atoms with van der Waals surface area (Å²) < 4.78 is -1.66. The molecule has 0 rings (SSSR count). The molecule has 10 heavy (non-hydrogen) atoms. The van der Waals surface area contributed by atoms with E-state index in [1.165, 1.54) is 6.92 Å². The quantitative estimate of drug-likeness (QED) is 0.536. The SMILES string of the molecule is CC(=O)N[C@@H](Cl)C(Cl)(Cl)Cl. The van der Waals surface area contributed by atoms with E-state index in [1.54, 1.807) is 0 Å². The molecule has 0 aromatic carbocycles. The number of carbonyl (C=O) groups excluding carboxylic acids is 1. The van der Waals surface area contributed by atoms with Crippen molar-refractivity contribution in [3.8, 4) is 0 Å². The molecule has 60 valence electrons. The minimum Gasteiger partial charge on any atom is -0.336 e. The third-order valence-corrected chi connectivity index (χ3v) is 2.04. The Labute approximate surface area is 78.8 Å². The van der Waals surface area contributed by atoms with Gasteiger partial charge >= 0.3 is 0 Å². The van der Waals surface area contributed by atoms with Gasteiger partial charge in [0.25, 0.3) is 0 Å². The fraction of sp³-hybridized carbons (Fsp3) is 0.750. The van der Waals surface area contributed by atoms with Crippen LogP contribution in [0.25, 0.3) is 0 Å². The second-order valence-electron chi connectivity index (χ2n) is 1.60. The number of hydrogen-bond acceptors (Lipinski definition) is 1. The van der Waals surface area contributed by atoms with E-state index in [2.05, 4.69) is 5.32 Å². The minimum atomic E-state index is -1.66. The van der Waals surface area contributed by atoms with Crippen LogP contribution in [0.3, 0.4) is 0 Å². The standard InChI is InChI=1S/C4H5Cl4NO/c1-2(10)9-3(5)4(6,7)8/h3H,1H3,(H,9,10)/t3-/m1/s1. The molecule has 2 nitrogen and oxygen atoms in total. The van der Waals surface area contributed by atoms with Crippen molar-refractivity contribution in [2.75, 3.05) is 0 Å². The first-order valence-corrected chi connectivity index (χ1v) is 3.89. The first-order valence-electron chi connectivity index (χ1n) is 2.32. The van der Waals surface area contributed by atoms with Gasteiger partial charge in [-0.05, 0) is 0 Å². The number of alkyl halides is 4. The molecule has 6 heteroatoms. The van der Waals surface area contributed by atoms with Gasteiger partial charge in [-0.3, -0.25) is 4.79 Å². The Morgan fingerprint density at radius 2 is 1.90 bits per heavy atom. The zero-order valence-corrected chi connectivity index (χ0v) is 8.02. The highest BCUT2D eigenvalue weighted by atomic mass is 35.6. The largest absolute Gasteiger partial charge is 0.336 e. The lowest BCUT2D eigenvalue weighted by atomic mass is 10.6. The van der Waals surface area contributed by atoms with Crippen LogP contribution in [0.1, 0.15) is 6.92 Å². The molecule has 0 aliphatic carbocycles. The number of amides is 1. The van der Waals surface area contributed by atoms with E-state index in [0.717, 1.165) is 0 Å². The molecular weight excluding hydrogens is 220 g/mol. The van der Waals surface area contributed by atoms with Gasteiger partial charge in [0.2, 0.25) is 9.70 Å². The van der Waals surface area contributed by atoms with Crippen LogP contribution >= 0.6 is 46.4 Å². The van der Waals surface area contributed by atoms with E-state index in [9.17, 15) is 4.79 Å². The smallest absolute Gasteiger partial charge is 0.224 e.